The summed E-state index contributed by atoms with van der Waals surface area (Å²) in [6, 6.07) is 32.2. The number of methoxy groups -OCH3 is 1. The first-order chi connectivity index (χ1) is 21.0. The predicted molar refractivity (Wildman–Crippen MR) is 169 cm³/mol. The number of amides is 1. The lowest BCUT2D eigenvalue weighted by molar-refractivity contribution is -0.144. The Hall–Kier alpha value is -4.56. The Labute approximate surface area is 256 Å². The fourth-order valence-electron chi connectivity index (χ4n) is 4.35. The fourth-order valence-corrected chi connectivity index (χ4v) is 5.32. The minimum atomic E-state index is -0.746. The molecule has 1 N–H and O–H groups in total. The molecule has 0 fully saturated rings. The topological polar surface area (TPSA) is 90.9 Å². The molecule has 1 amide bonds. The van der Waals surface area contributed by atoms with Crippen LogP contribution in [0.25, 0.3) is 11.1 Å². The van der Waals surface area contributed by atoms with Gasteiger partial charge in [-0.25, -0.2) is 0 Å². The van der Waals surface area contributed by atoms with Crippen LogP contribution in [0.4, 0.5) is 0 Å². The van der Waals surface area contributed by atoms with Crippen molar-refractivity contribution in [3.63, 3.8) is 0 Å². The summed E-state index contributed by atoms with van der Waals surface area (Å²) in [7, 11) is 3.14. The molecule has 0 saturated carbocycles. The number of esters is 1. The number of thioether (sulfide) groups is 1. The summed E-state index contributed by atoms with van der Waals surface area (Å²) in [5.74, 6) is 0.574. The van der Waals surface area contributed by atoms with Crippen LogP contribution in [0.3, 0.4) is 0 Å². The van der Waals surface area contributed by atoms with Crippen LogP contribution >= 0.6 is 11.8 Å². The van der Waals surface area contributed by atoms with Gasteiger partial charge in [0.15, 0.2) is 0 Å². The second-order valence-electron chi connectivity index (χ2n) is 9.73. The molecule has 7 nitrogen and oxygen atoms in total. The molecule has 0 bridgehead atoms. The average Bonchev–Trinajstić information content (AvgIpc) is 3.06. The zero-order valence-corrected chi connectivity index (χ0v) is 25.1. The second kappa shape index (κ2) is 16.2. The molecule has 0 aliphatic carbocycles. The Morgan fingerprint density at radius 1 is 0.837 bits per heavy atom. The largest absolute Gasteiger partial charge is 0.496 e. The maximum absolute atomic E-state index is 13.4. The molecule has 0 radical (unpaired) electrons. The molecule has 8 heteroatoms. The van der Waals surface area contributed by atoms with Crippen molar-refractivity contribution in [1.82, 2.24) is 5.32 Å². The van der Waals surface area contributed by atoms with Gasteiger partial charge >= 0.3 is 5.97 Å². The second-order valence-corrected chi connectivity index (χ2v) is 10.9. The number of carbonyl (C=O) groups excluding carboxylic acids is 3. The van der Waals surface area contributed by atoms with E-state index in [1.165, 1.54) is 7.11 Å². The maximum Gasteiger partial charge on any atom is 0.320 e. The highest BCUT2D eigenvalue weighted by Crippen LogP contribution is 2.28. The van der Waals surface area contributed by atoms with Gasteiger partial charge in [-0.2, -0.15) is 0 Å². The molecule has 222 valence electrons. The molecule has 0 aliphatic heterocycles. The first-order valence-corrected chi connectivity index (χ1v) is 14.9. The summed E-state index contributed by atoms with van der Waals surface area (Å²) in [6.07, 6.45) is 1.29. The zero-order valence-electron chi connectivity index (χ0n) is 24.3. The van der Waals surface area contributed by atoms with E-state index in [9.17, 15) is 14.4 Å². The molecule has 43 heavy (non-hydrogen) atoms. The highest BCUT2D eigenvalue weighted by molar-refractivity contribution is 8.15. The van der Waals surface area contributed by atoms with E-state index in [-0.39, 0.29) is 17.6 Å². The Bertz CT molecular complexity index is 1490. The minimum Gasteiger partial charge on any atom is -0.496 e. The molecule has 0 aliphatic rings. The van der Waals surface area contributed by atoms with Gasteiger partial charge in [-0.15, -0.1) is 0 Å². The monoisotopic (exact) mass is 597 g/mol. The van der Waals surface area contributed by atoms with Crippen LogP contribution < -0.4 is 14.8 Å². The first kappa shape index (κ1) is 31.4. The van der Waals surface area contributed by atoms with Crippen LogP contribution in [0.1, 0.15) is 34.3 Å². The normalized spacial score (nSPS) is 11.3. The summed E-state index contributed by atoms with van der Waals surface area (Å²) in [5, 5.41) is 1.64. The Morgan fingerprint density at radius 3 is 2.19 bits per heavy atom. The van der Waals surface area contributed by atoms with E-state index in [2.05, 4.69) is 5.32 Å². The highest BCUT2D eigenvalue weighted by Gasteiger charge is 2.26. The molecular weight excluding hydrogens is 562 g/mol. The third-order valence-corrected chi connectivity index (χ3v) is 7.82. The zero-order chi connectivity index (χ0) is 30.4. The van der Waals surface area contributed by atoms with Crippen LogP contribution in [-0.2, 0) is 27.4 Å². The molecule has 0 heterocycles. The lowest BCUT2D eigenvalue weighted by Gasteiger charge is -2.17. The van der Waals surface area contributed by atoms with Crippen molar-refractivity contribution in [1.29, 1.82) is 0 Å². The Morgan fingerprint density at radius 2 is 1.51 bits per heavy atom. The number of carbonyl (C=O) groups is 3. The number of hydrogen-bond acceptors (Lipinski definition) is 7. The van der Waals surface area contributed by atoms with E-state index in [0.29, 0.717) is 48.5 Å². The lowest BCUT2D eigenvalue weighted by Crippen LogP contribution is -2.24. The molecule has 0 saturated heterocycles. The van der Waals surface area contributed by atoms with Gasteiger partial charge in [0.05, 0.1) is 13.7 Å². The SMILES string of the molecule is CNC(=O)CCCOc1ccc(COC(=O)C(Cc2ccc(-c3ccccc3)cc2)SC(=O)c2ccccc2)c(OC)c1. The van der Waals surface area contributed by atoms with Crippen molar-refractivity contribution in [2.45, 2.75) is 31.1 Å². The van der Waals surface area contributed by atoms with Crippen LogP contribution in [0.5, 0.6) is 11.5 Å². The third kappa shape index (κ3) is 9.48. The number of hydrogen-bond donors (Lipinski definition) is 1. The van der Waals surface area contributed by atoms with Gasteiger partial charge in [-0.3, -0.25) is 14.4 Å². The van der Waals surface area contributed by atoms with Gasteiger partial charge in [0.25, 0.3) is 0 Å². The molecule has 4 aromatic carbocycles. The van der Waals surface area contributed by atoms with Gasteiger partial charge < -0.3 is 19.5 Å². The lowest BCUT2D eigenvalue weighted by atomic mass is 10.0. The van der Waals surface area contributed by atoms with E-state index in [1.54, 1.807) is 49.5 Å². The molecule has 1 atom stereocenters. The number of ether oxygens (including phenoxy) is 3. The van der Waals surface area contributed by atoms with E-state index in [0.717, 1.165) is 28.5 Å². The van der Waals surface area contributed by atoms with Crippen LogP contribution in [0.15, 0.2) is 103 Å². The van der Waals surface area contributed by atoms with Crippen molar-refractivity contribution < 1.29 is 28.6 Å². The van der Waals surface area contributed by atoms with Gasteiger partial charge in [0.2, 0.25) is 11.0 Å². The molecule has 1 unspecified atom stereocenters. The van der Waals surface area contributed by atoms with E-state index in [1.807, 2.05) is 60.7 Å². The third-order valence-electron chi connectivity index (χ3n) is 6.73. The standard InChI is InChI=1S/C35H35NO6S/c1-36-33(37)14-9-21-41-30-20-19-29(31(23-30)40-2)24-42-34(38)32(43-35(39)28-12-7-4-8-13-28)22-25-15-17-27(18-16-25)26-10-5-3-6-11-26/h3-8,10-13,15-20,23,32H,9,14,21-22,24H2,1-2H3,(H,36,37). The molecule has 0 spiro atoms. The predicted octanol–water partition coefficient (Wildman–Crippen LogP) is 6.50. The quantitative estimate of drug-likeness (QED) is 0.131. The minimum absolute atomic E-state index is 0.0253. The van der Waals surface area contributed by atoms with Crippen molar-refractivity contribution >= 4 is 28.8 Å². The molecule has 4 aromatic rings. The van der Waals surface area contributed by atoms with Gasteiger partial charge in [-0.1, -0.05) is 96.7 Å². The summed E-state index contributed by atoms with van der Waals surface area (Å²) in [5.41, 5.74) is 4.29. The average molecular weight is 598 g/mol. The van der Waals surface area contributed by atoms with E-state index >= 15 is 0 Å². The van der Waals surface area contributed by atoms with E-state index < -0.39 is 11.2 Å². The molecule has 4 rings (SSSR count). The smallest absolute Gasteiger partial charge is 0.320 e. The van der Waals surface area contributed by atoms with Crippen LogP contribution in [0, 0.1) is 0 Å². The molecular formula is C35H35NO6S. The summed E-state index contributed by atoms with van der Waals surface area (Å²) in [6.45, 7) is 0.355. The number of nitrogens with one attached hydrogen (secondary N) is 1. The molecule has 0 aromatic heterocycles. The van der Waals surface area contributed by atoms with Gasteiger partial charge in [0.1, 0.15) is 23.4 Å². The highest BCUT2D eigenvalue weighted by atomic mass is 32.2. The summed E-state index contributed by atoms with van der Waals surface area (Å²) in [4.78, 5) is 37.9. The number of rotatable bonds is 14. The Balaban J connectivity index is 1.43. The number of benzene rings is 4. The van der Waals surface area contributed by atoms with E-state index in [4.69, 9.17) is 14.2 Å². The van der Waals surface area contributed by atoms with Crippen molar-refractivity contribution in [3.8, 4) is 22.6 Å². The van der Waals surface area contributed by atoms with Gasteiger partial charge in [0, 0.05) is 30.7 Å². The van der Waals surface area contributed by atoms with Crippen molar-refractivity contribution in [3.05, 3.63) is 120 Å². The fraction of sp³-hybridized carbons (Fsp3) is 0.229. The summed E-state index contributed by atoms with van der Waals surface area (Å²) < 4.78 is 17.0. The first-order valence-electron chi connectivity index (χ1n) is 14.0. The van der Waals surface area contributed by atoms with Gasteiger partial charge in [-0.05, 0) is 41.7 Å². The van der Waals surface area contributed by atoms with Crippen molar-refractivity contribution in [2.75, 3.05) is 20.8 Å². The Kier molecular flexibility index (Phi) is 11.8. The summed E-state index contributed by atoms with van der Waals surface area (Å²) >= 11 is 0.970. The van der Waals surface area contributed by atoms with Crippen LogP contribution in [0.2, 0.25) is 0 Å². The van der Waals surface area contributed by atoms with Crippen LogP contribution in [-0.4, -0.2) is 43.0 Å². The van der Waals surface area contributed by atoms with Crippen molar-refractivity contribution in [2.24, 2.45) is 0 Å². The maximum atomic E-state index is 13.4.